The Morgan fingerprint density at radius 1 is 0.879 bits per heavy atom. The Balaban J connectivity index is 2.03. The van der Waals surface area contributed by atoms with Crippen LogP contribution in [0.15, 0.2) is 60.7 Å². The molecular weight excluding hydrogens is 418 g/mol. The van der Waals surface area contributed by atoms with Crippen molar-refractivity contribution in [3.05, 3.63) is 71.8 Å². The zero-order chi connectivity index (χ0) is 24.3. The molecule has 0 aromatic heterocycles. The fourth-order valence-corrected chi connectivity index (χ4v) is 3.62. The Kier molecular flexibility index (Phi) is 10.1. The Bertz CT molecular complexity index is 895. The summed E-state index contributed by atoms with van der Waals surface area (Å²) in [7, 11) is 0. The molecule has 0 unspecified atom stereocenters. The largest absolute Gasteiger partial charge is 0.350 e. The SMILES string of the molecule is CC(C)(C)[C@H](NC(=O)[C@H](CCCc1ccccc1)CC(=O)NO)C(=O)NCc1ccccc1. The number of hydroxylamine groups is 1. The predicted molar refractivity (Wildman–Crippen MR) is 127 cm³/mol. The first kappa shape index (κ1) is 26.1. The molecule has 0 fully saturated rings. The number of hydrogen-bond acceptors (Lipinski definition) is 4. The maximum Gasteiger partial charge on any atom is 0.244 e. The Morgan fingerprint density at radius 2 is 1.45 bits per heavy atom. The van der Waals surface area contributed by atoms with Crippen molar-refractivity contribution < 1.29 is 19.6 Å². The van der Waals surface area contributed by atoms with Gasteiger partial charge in [-0.15, -0.1) is 0 Å². The lowest BCUT2D eigenvalue weighted by Crippen LogP contribution is -2.54. The molecule has 178 valence electrons. The summed E-state index contributed by atoms with van der Waals surface area (Å²) >= 11 is 0. The highest BCUT2D eigenvalue weighted by molar-refractivity contribution is 5.91. The molecule has 0 spiro atoms. The third kappa shape index (κ3) is 9.06. The first-order chi connectivity index (χ1) is 15.7. The molecule has 0 saturated heterocycles. The summed E-state index contributed by atoms with van der Waals surface area (Å²) in [4.78, 5) is 37.9. The number of aryl methyl sites for hydroxylation is 1. The monoisotopic (exact) mass is 453 g/mol. The standard InChI is InChI=1S/C26H35N3O4/c1-26(2,3)23(25(32)27-18-20-13-8-5-9-14-20)28-24(31)21(17-22(30)29-33)16-10-15-19-11-6-4-7-12-19/h4-9,11-14,21,23,33H,10,15-18H2,1-3H3,(H,27,32)(H,28,31)(H,29,30)/t21-,23-/m1/s1. The zero-order valence-electron chi connectivity index (χ0n) is 19.6. The smallest absolute Gasteiger partial charge is 0.244 e. The summed E-state index contributed by atoms with van der Waals surface area (Å²) in [6.45, 7) is 6.00. The van der Waals surface area contributed by atoms with Crippen molar-refractivity contribution in [1.82, 2.24) is 16.1 Å². The fourth-order valence-electron chi connectivity index (χ4n) is 3.62. The number of carbonyl (C=O) groups is 3. The van der Waals surface area contributed by atoms with Gasteiger partial charge in [-0.05, 0) is 35.8 Å². The van der Waals surface area contributed by atoms with Crippen molar-refractivity contribution in [3.63, 3.8) is 0 Å². The second-order valence-corrected chi connectivity index (χ2v) is 9.32. The number of hydrogen-bond donors (Lipinski definition) is 4. The highest BCUT2D eigenvalue weighted by atomic mass is 16.5. The lowest BCUT2D eigenvalue weighted by Gasteiger charge is -2.31. The van der Waals surface area contributed by atoms with E-state index in [0.717, 1.165) is 17.5 Å². The number of carbonyl (C=O) groups excluding carboxylic acids is 3. The zero-order valence-corrected chi connectivity index (χ0v) is 19.6. The van der Waals surface area contributed by atoms with Crippen LogP contribution in [0.3, 0.4) is 0 Å². The maximum absolute atomic E-state index is 13.1. The normalized spacial score (nSPS) is 13.0. The molecule has 2 rings (SSSR count). The minimum Gasteiger partial charge on any atom is -0.350 e. The minimum absolute atomic E-state index is 0.153. The van der Waals surface area contributed by atoms with E-state index in [2.05, 4.69) is 10.6 Å². The average molecular weight is 454 g/mol. The Labute approximate surface area is 195 Å². The van der Waals surface area contributed by atoms with Crippen molar-refractivity contribution in [2.75, 3.05) is 0 Å². The molecule has 0 heterocycles. The third-order valence-electron chi connectivity index (χ3n) is 5.51. The molecule has 4 N–H and O–H groups in total. The number of amides is 3. The number of rotatable bonds is 11. The molecule has 0 saturated carbocycles. The van der Waals surface area contributed by atoms with Gasteiger partial charge >= 0.3 is 0 Å². The lowest BCUT2D eigenvalue weighted by atomic mass is 9.85. The summed E-state index contributed by atoms with van der Waals surface area (Å²) in [5.41, 5.74) is 3.18. The van der Waals surface area contributed by atoms with E-state index in [1.165, 1.54) is 0 Å². The average Bonchev–Trinajstić information content (AvgIpc) is 2.80. The van der Waals surface area contributed by atoms with E-state index < -0.39 is 23.3 Å². The van der Waals surface area contributed by atoms with Crippen molar-refractivity contribution in [1.29, 1.82) is 0 Å². The van der Waals surface area contributed by atoms with Crippen LogP contribution in [-0.2, 0) is 27.3 Å². The molecule has 0 aliphatic carbocycles. The molecule has 0 radical (unpaired) electrons. The van der Waals surface area contributed by atoms with Crippen LogP contribution in [0.25, 0.3) is 0 Å². The van der Waals surface area contributed by atoms with Crippen LogP contribution in [0, 0.1) is 11.3 Å². The van der Waals surface area contributed by atoms with E-state index in [1.54, 1.807) is 5.48 Å². The summed E-state index contributed by atoms with van der Waals surface area (Å²) < 4.78 is 0. The van der Waals surface area contributed by atoms with Gasteiger partial charge in [-0.25, -0.2) is 5.48 Å². The van der Waals surface area contributed by atoms with Crippen LogP contribution in [-0.4, -0.2) is 29.0 Å². The molecule has 33 heavy (non-hydrogen) atoms. The molecule has 2 aromatic carbocycles. The molecule has 2 atom stereocenters. The van der Waals surface area contributed by atoms with E-state index in [9.17, 15) is 14.4 Å². The van der Waals surface area contributed by atoms with Gasteiger partial charge in [0.05, 0.1) is 0 Å². The van der Waals surface area contributed by atoms with Gasteiger partial charge in [0, 0.05) is 18.9 Å². The van der Waals surface area contributed by atoms with Crippen molar-refractivity contribution in [2.24, 2.45) is 11.3 Å². The Morgan fingerprint density at radius 3 is 2.00 bits per heavy atom. The summed E-state index contributed by atoms with van der Waals surface area (Å²) in [6.07, 6.45) is 1.77. The predicted octanol–water partition coefficient (Wildman–Crippen LogP) is 3.37. The molecule has 0 aliphatic rings. The van der Waals surface area contributed by atoms with E-state index >= 15 is 0 Å². The quantitative estimate of drug-likeness (QED) is 0.309. The fraction of sp³-hybridized carbons (Fsp3) is 0.423. The maximum atomic E-state index is 13.1. The molecule has 7 heteroatoms. The van der Waals surface area contributed by atoms with E-state index in [0.29, 0.717) is 19.4 Å². The molecule has 0 bridgehead atoms. The summed E-state index contributed by atoms with van der Waals surface area (Å²) in [6, 6.07) is 18.7. The number of nitrogens with one attached hydrogen (secondary N) is 3. The van der Waals surface area contributed by atoms with Gasteiger partial charge in [0.2, 0.25) is 17.7 Å². The van der Waals surface area contributed by atoms with Gasteiger partial charge in [0.25, 0.3) is 0 Å². The summed E-state index contributed by atoms with van der Waals surface area (Å²) in [5.74, 6) is -1.95. The molecular formula is C26H35N3O4. The highest BCUT2D eigenvalue weighted by Gasteiger charge is 2.34. The van der Waals surface area contributed by atoms with Gasteiger partial charge in [0.1, 0.15) is 6.04 Å². The van der Waals surface area contributed by atoms with Crippen molar-refractivity contribution in [2.45, 2.75) is 59.0 Å². The second-order valence-electron chi connectivity index (χ2n) is 9.32. The van der Waals surface area contributed by atoms with Gasteiger partial charge in [-0.3, -0.25) is 19.6 Å². The second kappa shape index (κ2) is 12.7. The van der Waals surface area contributed by atoms with E-state index in [-0.39, 0.29) is 18.2 Å². The van der Waals surface area contributed by atoms with Crippen LogP contribution in [0.1, 0.15) is 51.2 Å². The van der Waals surface area contributed by atoms with Crippen LogP contribution < -0.4 is 16.1 Å². The van der Waals surface area contributed by atoms with Crippen LogP contribution in [0.4, 0.5) is 0 Å². The van der Waals surface area contributed by atoms with E-state index in [4.69, 9.17) is 5.21 Å². The molecule has 2 aromatic rings. The molecule has 7 nitrogen and oxygen atoms in total. The minimum atomic E-state index is -0.775. The first-order valence-electron chi connectivity index (χ1n) is 11.3. The van der Waals surface area contributed by atoms with Crippen molar-refractivity contribution >= 4 is 17.7 Å². The lowest BCUT2D eigenvalue weighted by molar-refractivity contribution is -0.137. The van der Waals surface area contributed by atoms with Crippen LogP contribution >= 0.6 is 0 Å². The van der Waals surface area contributed by atoms with Gasteiger partial charge in [0.15, 0.2) is 0 Å². The number of benzene rings is 2. The molecule has 0 aliphatic heterocycles. The third-order valence-corrected chi connectivity index (χ3v) is 5.51. The highest BCUT2D eigenvalue weighted by Crippen LogP contribution is 2.22. The van der Waals surface area contributed by atoms with Crippen molar-refractivity contribution in [3.8, 4) is 0 Å². The van der Waals surface area contributed by atoms with Gasteiger partial charge < -0.3 is 10.6 Å². The first-order valence-corrected chi connectivity index (χ1v) is 11.3. The Hall–Kier alpha value is -3.19. The van der Waals surface area contributed by atoms with Crippen LogP contribution in [0.5, 0.6) is 0 Å². The van der Waals surface area contributed by atoms with E-state index in [1.807, 2.05) is 81.4 Å². The van der Waals surface area contributed by atoms with Crippen LogP contribution in [0.2, 0.25) is 0 Å². The molecule has 3 amide bonds. The topological polar surface area (TPSA) is 108 Å². The van der Waals surface area contributed by atoms with Gasteiger partial charge in [-0.1, -0.05) is 81.4 Å². The van der Waals surface area contributed by atoms with Gasteiger partial charge in [-0.2, -0.15) is 0 Å². The summed E-state index contributed by atoms with van der Waals surface area (Å²) in [5, 5.41) is 14.7.